The highest BCUT2D eigenvalue weighted by molar-refractivity contribution is 7.89. The highest BCUT2D eigenvalue weighted by atomic mass is 32.2. The fourth-order valence-corrected chi connectivity index (χ4v) is 3.44. The molecule has 0 amide bonds. The van der Waals surface area contributed by atoms with Gasteiger partial charge in [-0.15, -0.1) is 0 Å². The van der Waals surface area contributed by atoms with E-state index in [1.165, 1.54) is 4.31 Å². The van der Waals surface area contributed by atoms with Crippen LogP contribution in [0.3, 0.4) is 0 Å². The monoisotopic (exact) mass is 222 g/mol. The molecule has 1 saturated heterocycles. The van der Waals surface area contributed by atoms with Crippen molar-refractivity contribution in [2.75, 3.05) is 32.5 Å². The van der Waals surface area contributed by atoms with Crippen molar-refractivity contribution in [2.45, 2.75) is 18.9 Å². The standard InChI is InChI=1S/C8H18N2O3S/c1-9-4-6-14(12,13)10-5-2-3-8(10)7-11/h8-9,11H,2-7H2,1H3. The van der Waals surface area contributed by atoms with E-state index >= 15 is 0 Å². The van der Waals surface area contributed by atoms with Crippen LogP contribution in [0.4, 0.5) is 0 Å². The van der Waals surface area contributed by atoms with E-state index in [9.17, 15) is 8.42 Å². The predicted molar refractivity (Wildman–Crippen MR) is 54.5 cm³/mol. The van der Waals surface area contributed by atoms with Gasteiger partial charge in [0.15, 0.2) is 0 Å². The first kappa shape index (κ1) is 11.9. The lowest BCUT2D eigenvalue weighted by atomic mass is 10.2. The molecule has 0 aromatic carbocycles. The Balaban J connectivity index is 2.61. The quantitative estimate of drug-likeness (QED) is 0.625. The van der Waals surface area contributed by atoms with Crippen LogP contribution in [0.5, 0.6) is 0 Å². The van der Waals surface area contributed by atoms with Gasteiger partial charge in [-0.2, -0.15) is 4.31 Å². The number of hydrogen-bond donors (Lipinski definition) is 2. The molecule has 84 valence electrons. The van der Waals surface area contributed by atoms with Gasteiger partial charge in [0.2, 0.25) is 10.0 Å². The third-order valence-electron chi connectivity index (χ3n) is 2.50. The number of aliphatic hydroxyl groups is 1. The Hall–Kier alpha value is -0.170. The minimum atomic E-state index is -3.17. The maximum absolute atomic E-state index is 11.7. The van der Waals surface area contributed by atoms with Crippen LogP contribution in [-0.2, 0) is 10.0 Å². The normalized spacial score (nSPS) is 24.3. The van der Waals surface area contributed by atoms with Crippen LogP contribution in [0.25, 0.3) is 0 Å². The molecular weight excluding hydrogens is 204 g/mol. The van der Waals surface area contributed by atoms with Crippen molar-refractivity contribution >= 4 is 10.0 Å². The highest BCUT2D eigenvalue weighted by Crippen LogP contribution is 2.20. The van der Waals surface area contributed by atoms with Crippen LogP contribution in [0.1, 0.15) is 12.8 Å². The van der Waals surface area contributed by atoms with Crippen LogP contribution in [0, 0.1) is 0 Å². The number of aliphatic hydroxyl groups excluding tert-OH is 1. The summed E-state index contributed by atoms with van der Waals surface area (Å²) in [6.07, 6.45) is 1.62. The first-order valence-electron chi connectivity index (χ1n) is 4.87. The van der Waals surface area contributed by atoms with Gasteiger partial charge in [0.1, 0.15) is 0 Å². The summed E-state index contributed by atoms with van der Waals surface area (Å²) in [5.74, 6) is 0.111. The molecule has 0 aromatic heterocycles. The van der Waals surface area contributed by atoms with Gasteiger partial charge in [-0.3, -0.25) is 0 Å². The van der Waals surface area contributed by atoms with Crippen LogP contribution in [0.2, 0.25) is 0 Å². The lowest BCUT2D eigenvalue weighted by Crippen LogP contribution is -2.40. The van der Waals surface area contributed by atoms with E-state index in [1.54, 1.807) is 7.05 Å². The topological polar surface area (TPSA) is 69.6 Å². The molecule has 1 atom stereocenters. The summed E-state index contributed by atoms with van der Waals surface area (Å²) in [6.45, 7) is 0.938. The third kappa shape index (κ3) is 2.66. The Morgan fingerprint density at radius 1 is 1.57 bits per heavy atom. The van der Waals surface area contributed by atoms with Crippen LogP contribution < -0.4 is 5.32 Å². The minimum Gasteiger partial charge on any atom is -0.395 e. The molecule has 6 heteroatoms. The summed E-state index contributed by atoms with van der Waals surface area (Å²) < 4.78 is 24.9. The molecular formula is C8H18N2O3S. The van der Waals surface area contributed by atoms with E-state index in [2.05, 4.69) is 5.32 Å². The molecule has 1 aliphatic rings. The van der Waals surface area contributed by atoms with Crippen molar-refractivity contribution in [3.63, 3.8) is 0 Å². The molecule has 1 aliphatic heterocycles. The molecule has 5 nitrogen and oxygen atoms in total. The SMILES string of the molecule is CNCCS(=O)(=O)N1CCCC1CO. The average Bonchev–Trinajstić information content (AvgIpc) is 2.63. The van der Waals surface area contributed by atoms with Gasteiger partial charge < -0.3 is 10.4 Å². The maximum Gasteiger partial charge on any atom is 0.215 e. The summed E-state index contributed by atoms with van der Waals surface area (Å²) in [6, 6.07) is -0.197. The van der Waals surface area contributed by atoms with Gasteiger partial charge >= 0.3 is 0 Å². The highest BCUT2D eigenvalue weighted by Gasteiger charge is 2.32. The number of rotatable bonds is 5. The number of nitrogens with one attached hydrogen (secondary N) is 1. The van der Waals surface area contributed by atoms with E-state index in [0.717, 1.165) is 12.8 Å². The molecule has 1 fully saturated rings. The second-order valence-corrected chi connectivity index (χ2v) is 5.55. The van der Waals surface area contributed by atoms with Gasteiger partial charge in [0.05, 0.1) is 12.4 Å². The van der Waals surface area contributed by atoms with Crippen LogP contribution in [0.15, 0.2) is 0 Å². The van der Waals surface area contributed by atoms with Crippen molar-refractivity contribution in [3.05, 3.63) is 0 Å². The van der Waals surface area contributed by atoms with Gasteiger partial charge in [-0.05, 0) is 19.9 Å². The van der Waals surface area contributed by atoms with Gasteiger partial charge in [0.25, 0.3) is 0 Å². The summed E-state index contributed by atoms with van der Waals surface area (Å²) in [4.78, 5) is 0. The zero-order valence-corrected chi connectivity index (χ0v) is 9.26. The summed E-state index contributed by atoms with van der Waals surface area (Å²) in [5.41, 5.74) is 0. The van der Waals surface area contributed by atoms with Crippen molar-refractivity contribution in [1.29, 1.82) is 0 Å². The minimum absolute atomic E-state index is 0.0707. The van der Waals surface area contributed by atoms with Crippen molar-refractivity contribution in [3.8, 4) is 0 Å². The second-order valence-electron chi connectivity index (χ2n) is 3.51. The van der Waals surface area contributed by atoms with Crippen LogP contribution in [-0.4, -0.2) is 56.4 Å². The van der Waals surface area contributed by atoms with Gasteiger partial charge in [-0.1, -0.05) is 0 Å². The Morgan fingerprint density at radius 2 is 2.29 bits per heavy atom. The first-order valence-corrected chi connectivity index (χ1v) is 6.47. The molecule has 0 aromatic rings. The molecule has 0 aliphatic carbocycles. The smallest absolute Gasteiger partial charge is 0.215 e. The lowest BCUT2D eigenvalue weighted by Gasteiger charge is -2.22. The van der Waals surface area contributed by atoms with Crippen molar-refractivity contribution in [1.82, 2.24) is 9.62 Å². The molecule has 1 unspecified atom stereocenters. The lowest BCUT2D eigenvalue weighted by molar-refractivity contribution is 0.213. The molecule has 0 saturated carbocycles. The van der Waals surface area contributed by atoms with E-state index in [-0.39, 0.29) is 18.4 Å². The van der Waals surface area contributed by atoms with E-state index in [4.69, 9.17) is 5.11 Å². The first-order chi connectivity index (χ1) is 6.61. The number of sulfonamides is 1. The number of nitrogens with zero attached hydrogens (tertiary/aromatic N) is 1. The van der Waals surface area contributed by atoms with E-state index < -0.39 is 10.0 Å². The predicted octanol–water partition coefficient (Wildman–Crippen LogP) is -1.01. The van der Waals surface area contributed by atoms with Gasteiger partial charge in [-0.25, -0.2) is 8.42 Å². The molecule has 0 radical (unpaired) electrons. The Bertz CT molecular complexity index is 266. The second kappa shape index (κ2) is 5.06. The molecule has 2 N–H and O–H groups in total. The molecule has 14 heavy (non-hydrogen) atoms. The Morgan fingerprint density at radius 3 is 2.86 bits per heavy atom. The summed E-state index contributed by atoms with van der Waals surface area (Å²) >= 11 is 0. The Labute approximate surface area is 85.2 Å². The van der Waals surface area contributed by atoms with Crippen molar-refractivity contribution < 1.29 is 13.5 Å². The molecule has 1 heterocycles. The maximum atomic E-state index is 11.7. The average molecular weight is 222 g/mol. The van der Waals surface area contributed by atoms with Gasteiger partial charge in [0, 0.05) is 19.1 Å². The van der Waals surface area contributed by atoms with Crippen LogP contribution >= 0.6 is 0 Å². The molecule has 0 spiro atoms. The number of hydrogen-bond acceptors (Lipinski definition) is 4. The summed E-state index contributed by atoms with van der Waals surface area (Å²) in [5, 5.41) is 11.8. The van der Waals surface area contributed by atoms with E-state index in [1.807, 2.05) is 0 Å². The zero-order valence-electron chi connectivity index (χ0n) is 8.44. The fraction of sp³-hybridized carbons (Fsp3) is 1.00. The van der Waals surface area contributed by atoms with E-state index in [0.29, 0.717) is 13.1 Å². The summed E-state index contributed by atoms with van der Waals surface area (Å²) in [7, 11) is -1.45. The largest absolute Gasteiger partial charge is 0.395 e. The Kier molecular flexibility index (Phi) is 4.31. The molecule has 1 rings (SSSR count). The fourth-order valence-electron chi connectivity index (χ4n) is 1.71. The molecule has 0 bridgehead atoms. The van der Waals surface area contributed by atoms with Crippen molar-refractivity contribution in [2.24, 2.45) is 0 Å². The third-order valence-corrected chi connectivity index (χ3v) is 4.42. The zero-order chi connectivity index (χ0) is 10.6.